The third-order valence-electron chi connectivity index (χ3n) is 3.80. The van der Waals surface area contributed by atoms with Crippen molar-refractivity contribution in [1.29, 1.82) is 0 Å². The van der Waals surface area contributed by atoms with Crippen LogP contribution in [-0.4, -0.2) is 44.2 Å². The van der Waals surface area contributed by atoms with Gasteiger partial charge in [0.15, 0.2) is 0 Å². The summed E-state index contributed by atoms with van der Waals surface area (Å²) < 4.78 is 5.43. The number of benzene rings is 1. The van der Waals surface area contributed by atoms with E-state index in [2.05, 4.69) is 21.9 Å². The predicted octanol–water partition coefficient (Wildman–Crippen LogP) is 1.98. The molecule has 1 aromatic carbocycles. The van der Waals surface area contributed by atoms with Crippen LogP contribution in [0.25, 0.3) is 0 Å². The lowest BCUT2D eigenvalue weighted by molar-refractivity contribution is 0.247. The van der Waals surface area contributed by atoms with E-state index in [0.717, 1.165) is 24.9 Å². The van der Waals surface area contributed by atoms with Gasteiger partial charge in [-0.1, -0.05) is 12.1 Å². The van der Waals surface area contributed by atoms with Gasteiger partial charge in [0.1, 0.15) is 5.75 Å². The smallest absolute Gasteiger partial charge is 0.142 e. The Hall–Kier alpha value is -1.22. The van der Waals surface area contributed by atoms with Gasteiger partial charge in [0.25, 0.3) is 0 Å². The van der Waals surface area contributed by atoms with Gasteiger partial charge in [-0.25, -0.2) is 0 Å². The van der Waals surface area contributed by atoms with Crippen molar-refractivity contribution in [2.75, 3.05) is 38.2 Å². The third kappa shape index (κ3) is 2.25. The number of para-hydroxylation sites is 2. The molecule has 0 radical (unpaired) electrons. The van der Waals surface area contributed by atoms with E-state index in [4.69, 9.17) is 4.74 Å². The summed E-state index contributed by atoms with van der Waals surface area (Å²) in [6, 6.07) is 9.22. The second-order valence-electron chi connectivity index (χ2n) is 4.93. The summed E-state index contributed by atoms with van der Waals surface area (Å²) in [5.74, 6) is 0.993. The van der Waals surface area contributed by atoms with E-state index in [9.17, 15) is 0 Å². The normalized spacial score (nSPS) is 21.6. The molecule has 1 aliphatic heterocycles. The Morgan fingerprint density at radius 2 is 1.76 bits per heavy atom. The second kappa shape index (κ2) is 4.57. The molecule has 1 heterocycles. The first-order chi connectivity index (χ1) is 8.38. The summed E-state index contributed by atoms with van der Waals surface area (Å²) in [6.07, 6.45) is 2.82. The molecule has 0 amide bonds. The van der Waals surface area contributed by atoms with Gasteiger partial charge in [-0.3, -0.25) is 4.90 Å². The molecule has 0 aromatic heterocycles. The molecular formula is C14H20N2O. The van der Waals surface area contributed by atoms with Crippen molar-refractivity contribution in [1.82, 2.24) is 4.90 Å². The number of hydrogen-bond acceptors (Lipinski definition) is 3. The average molecular weight is 232 g/mol. The predicted molar refractivity (Wildman–Crippen MR) is 69.8 cm³/mol. The van der Waals surface area contributed by atoms with Gasteiger partial charge in [0.05, 0.1) is 12.8 Å². The molecule has 2 aliphatic rings. The summed E-state index contributed by atoms with van der Waals surface area (Å²) in [4.78, 5) is 5.07. The van der Waals surface area contributed by atoms with Crippen LogP contribution in [0.15, 0.2) is 24.3 Å². The average Bonchev–Trinajstić information content (AvgIpc) is 3.23. The Morgan fingerprint density at radius 3 is 2.41 bits per heavy atom. The Kier molecular flexibility index (Phi) is 2.93. The van der Waals surface area contributed by atoms with E-state index in [-0.39, 0.29) is 0 Å². The molecule has 0 atom stereocenters. The van der Waals surface area contributed by atoms with E-state index in [0.29, 0.717) is 0 Å². The van der Waals surface area contributed by atoms with Crippen LogP contribution in [0.3, 0.4) is 0 Å². The minimum Gasteiger partial charge on any atom is -0.495 e. The molecule has 0 spiro atoms. The van der Waals surface area contributed by atoms with Crippen LogP contribution in [0.2, 0.25) is 0 Å². The van der Waals surface area contributed by atoms with Crippen LogP contribution < -0.4 is 9.64 Å². The highest BCUT2D eigenvalue weighted by molar-refractivity contribution is 5.58. The SMILES string of the molecule is COc1ccccc1N1CCN(C2CC2)CC1. The number of rotatable bonds is 3. The van der Waals surface area contributed by atoms with E-state index < -0.39 is 0 Å². The maximum atomic E-state index is 5.43. The van der Waals surface area contributed by atoms with E-state index >= 15 is 0 Å². The van der Waals surface area contributed by atoms with Gasteiger partial charge >= 0.3 is 0 Å². The zero-order chi connectivity index (χ0) is 11.7. The van der Waals surface area contributed by atoms with Gasteiger partial charge in [-0.2, -0.15) is 0 Å². The summed E-state index contributed by atoms with van der Waals surface area (Å²) in [7, 11) is 1.75. The first-order valence-corrected chi connectivity index (χ1v) is 6.50. The molecule has 0 bridgehead atoms. The molecule has 1 aliphatic carbocycles. The maximum absolute atomic E-state index is 5.43. The molecule has 3 rings (SSSR count). The van der Waals surface area contributed by atoms with Crippen LogP contribution in [-0.2, 0) is 0 Å². The Bertz CT molecular complexity index is 382. The highest BCUT2D eigenvalue weighted by Gasteiger charge is 2.31. The third-order valence-corrected chi connectivity index (χ3v) is 3.80. The number of methoxy groups -OCH3 is 1. The van der Waals surface area contributed by atoms with Crippen LogP contribution in [0.4, 0.5) is 5.69 Å². The van der Waals surface area contributed by atoms with Crippen molar-refractivity contribution in [3.05, 3.63) is 24.3 Å². The van der Waals surface area contributed by atoms with E-state index in [1.165, 1.54) is 31.6 Å². The van der Waals surface area contributed by atoms with Gasteiger partial charge in [-0.05, 0) is 25.0 Å². The molecule has 0 N–H and O–H groups in total. The molecule has 3 nitrogen and oxygen atoms in total. The van der Waals surface area contributed by atoms with Crippen molar-refractivity contribution >= 4 is 5.69 Å². The van der Waals surface area contributed by atoms with Crippen LogP contribution in [0, 0.1) is 0 Å². The lowest BCUT2D eigenvalue weighted by Crippen LogP contribution is -2.47. The molecule has 2 fully saturated rings. The summed E-state index contributed by atoms with van der Waals surface area (Å²) in [5, 5.41) is 0. The van der Waals surface area contributed by atoms with E-state index in [1.54, 1.807) is 7.11 Å². The standard InChI is InChI=1S/C14H20N2O/c1-17-14-5-3-2-4-13(14)16-10-8-15(9-11-16)12-6-7-12/h2-5,12H,6-11H2,1H3. The minimum atomic E-state index is 0.898. The summed E-state index contributed by atoms with van der Waals surface area (Å²) in [6.45, 7) is 4.64. The fraction of sp³-hybridized carbons (Fsp3) is 0.571. The van der Waals surface area contributed by atoms with Gasteiger partial charge in [0.2, 0.25) is 0 Å². The van der Waals surface area contributed by atoms with E-state index in [1.807, 2.05) is 12.1 Å². The topological polar surface area (TPSA) is 15.7 Å². The Labute approximate surface area is 103 Å². The van der Waals surface area contributed by atoms with Crippen molar-refractivity contribution in [3.8, 4) is 5.75 Å². The monoisotopic (exact) mass is 232 g/mol. The quantitative estimate of drug-likeness (QED) is 0.792. The van der Waals surface area contributed by atoms with Crippen molar-refractivity contribution in [2.45, 2.75) is 18.9 Å². The molecule has 1 saturated heterocycles. The van der Waals surface area contributed by atoms with Gasteiger partial charge in [0, 0.05) is 32.2 Å². The highest BCUT2D eigenvalue weighted by Crippen LogP contribution is 2.31. The fourth-order valence-corrected chi connectivity index (χ4v) is 2.66. The Morgan fingerprint density at radius 1 is 1.06 bits per heavy atom. The van der Waals surface area contributed by atoms with Crippen LogP contribution >= 0.6 is 0 Å². The summed E-state index contributed by atoms with van der Waals surface area (Å²) in [5.41, 5.74) is 1.24. The lowest BCUT2D eigenvalue weighted by Gasteiger charge is -2.36. The number of ether oxygens (including phenoxy) is 1. The van der Waals surface area contributed by atoms with Crippen LogP contribution in [0.5, 0.6) is 5.75 Å². The first-order valence-electron chi connectivity index (χ1n) is 6.50. The zero-order valence-electron chi connectivity index (χ0n) is 10.4. The molecule has 0 unspecified atom stereocenters. The molecule has 1 aromatic rings. The lowest BCUT2D eigenvalue weighted by atomic mass is 10.2. The highest BCUT2D eigenvalue weighted by atomic mass is 16.5. The van der Waals surface area contributed by atoms with Gasteiger partial charge < -0.3 is 9.64 Å². The minimum absolute atomic E-state index is 0.898. The zero-order valence-corrected chi connectivity index (χ0v) is 10.4. The number of piperazine rings is 1. The number of anilines is 1. The van der Waals surface area contributed by atoms with Crippen LogP contribution in [0.1, 0.15) is 12.8 Å². The van der Waals surface area contributed by atoms with Gasteiger partial charge in [-0.15, -0.1) is 0 Å². The number of nitrogens with zero attached hydrogens (tertiary/aromatic N) is 2. The molecule has 92 valence electrons. The largest absolute Gasteiger partial charge is 0.495 e. The second-order valence-corrected chi connectivity index (χ2v) is 4.93. The molecule has 17 heavy (non-hydrogen) atoms. The molecule has 1 saturated carbocycles. The maximum Gasteiger partial charge on any atom is 0.142 e. The Balaban J connectivity index is 1.68. The van der Waals surface area contributed by atoms with Crippen molar-refractivity contribution in [2.24, 2.45) is 0 Å². The van der Waals surface area contributed by atoms with Crippen molar-refractivity contribution < 1.29 is 4.74 Å². The summed E-state index contributed by atoms with van der Waals surface area (Å²) >= 11 is 0. The first kappa shape index (κ1) is 10.9. The van der Waals surface area contributed by atoms with Crippen molar-refractivity contribution in [3.63, 3.8) is 0 Å². The molecular weight excluding hydrogens is 212 g/mol. The fourth-order valence-electron chi connectivity index (χ4n) is 2.66. The molecule has 3 heteroatoms. The number of hydrogen-bond donors (Lipinski definition) is 0.